The lowest BCUT2D eigenvalue weighted by atomic mass is 10.1. The Bertz CT molecular complexity index is 813. The highest BCUT2D eigenvalue weighted by molar-refractivity contribution is 6.32. The lowest BCUT2D eigenvalue weighted by Gasteiger charge is -2.31. The van der Waals surface area contributed by atoms with Gasteiger partial charge in [0.15, 0.2) is 0 Å². The Morgan fingerprint density at radius 1 is 1.26 bits per heavy atom. The third-order valence-corrected chi connectivity index (χ3v) is 4.90. The van der Waals surface area contributed by atoms with Gasteiger partial charge in [-0.15, -0.1) is 0 Å². The summed E-state index contributed by atoms with van der Waals surface area (Å²) in [6, 6.07) is 7.29. The Morgan fingerprint density at radius 3 is 2.63 bits per heavy atom. The fraction of sp³-hybridized carbons (Fsp3) is 0.421. The van der Waals surface area contributed by atoms with Crippen LogP contribution in [0, 0.1) is 0 Å². The first-order valence-corrected chi connectivity index (χ1v) is 9.25. The molecule has 3 rings (SSSR count). The maximum Gasteiger partial charge on any atom is 0.341 e. The summed E-state index contributed by atoms with van der Waals surface area (Å²) >= 11 is 6.16. The van der Waals surface area contributed by atoms with E-state index < -0.39 is 5.97 Å². The number of piperidine rings is 1. The number of nitrogens with zero attached hydrogens (tertiary/aromatic N) is 4. The van der Waals surface area contributed by atoms with Crippen molar-refractivity contribution in [2.24, 2.45) is 0 Å². The van der Waals surface area contributed by atoms with Gasteiger partial charge in [0, 0.05) is 33.4 Å². The van der Waals surface area contributed by atoms with Crippen molar-refractivity contribution in [2.75, 3.05) is 33.7 Å². The first-order valence-electron chi connectivity index (χ1n) is 8.87. The number of likely N-dealkylation sites (tertiary alicyclic amines) is 1. The second-order valence-corrected chi connectivity index (χ2v) is 7.20. The molecule has 1 aromatic carbocycles. The zero-order valence-electron chi connectivity index (χ0n) is 15.5. The molecule has 0 spiro atoms. The quantitative estimate of drug-likeness (QED) is 0.732. The Kier molecular flexibility index (Phi) is 6.13. The number of carbonyl (C=O) groups is 2. The van der Waals surface area contributed by atoms with Crippen LogP contribution in [0.3, 0.4) is 0 Å². The summed E-state index contributed by atoms with van der Waals surface area (Å²) in [7, 11) is 3.50. The molecule has 1 aliphatic heterocycles. The zero-order chi connectivity index (χ0) is 19.4. The molecule has 0 unspecified atom stereocenters. The third-order valence-electron chi connectivity index (χ3n) is 4.58. The summed E-state index contributed by atoms with van der Waals surface area (Å²) in [6.07, 6.45) is 4.38. The smallest absolute Gasteiger partial charge is 0.341 e. The number of aromatic nitrogens is 2. The molecule has 0 atom stereocenters. The number of carbonyl (C=O) groups excluding carboxylic acids is 2. The fourth-order valence-corrected chi connectivity index (χ4v) is 3.16. The van der Waals surface area contributed by atoms with Crippen molar-refractivity contribution < 1.29 is 14.3 Å². The SMILES string of the molecule is CN(C)C(=O)CN1CCC(OC(=O)c2cnn(-c3ccccc3Cl)c2)CC1. The van der Waals surface area contributed by atoms with E-state index in [-0.39, 0.29) is 12.0 Å². The standard InChI is InChI=1S/C19H23ClN4O3/c1-22(2)18(25)13-23-9-7-15(8-10-23)27-19(26)14-11-21-24(12-14)17-6-4-3-5-16(17)20/h3-6,11-12,15H,7-10,13H2,1-2H3. The molecular weight excluding hydrogens is 368 g/mol. The second-order valence-electron chi connectivity index (χ2n) is 6.79. The van der Waals surface area contributed by atoms with Crippen LogP contribution >= 0.6 is 11.6 Å². The number of likely N-dealkylation sites (N-methyl/N-ethyl adjacent to an activating group) is 1. The van der Waals surface area contributed by atoms with Crippen molar-refractivity contribution in [2.45, 2.75) is 18.9 Å². The van der Waals surface area contributed by atoms with E-state index in [1.807, 2.05) is 18.2 Å². The van der Waals surface area contributed by atoms with Crippen LogP contribution in [0.1, 0.15) is 23.2 Å². The van der Waals surface area contributed by atoms with E-state index in [4.69, 9.17) is 16.3 Å². The number of benzene rings is 1. The highest BCUT2D eigenvalue weighted by Gasteiger charge is 2.25. The number of amides is 1. The van der Waals surface area contributed by atoms with E-state index in [1.165, 1.54) is 6.20 Å². The predicted octanol–water partition coefficient (Wildman–Crippen LogP) is 2.24. The summed E-state index contributed by atoms with van der Waals surface area (Å²) in [6.45, 7) is 1.87. The van der Waals surface area contributed by atoms with Crippen LogP contribution in [-0.2, 0) is 9.53 Å². The van der Waals surface area contributed by atoms with E-state index in [1.54, 1.807) is 35.9 Å². The van der Waals surface area contributed by atoms with E-state index >= 15 is 0 Å². The molecule has 7 nitrogen and oxygen atoms in total. The highest BCUT2D eigenvalue weighted by Crippen LogP contribution is 2.20. The van der Waals surface area contributed by atoms with Crippen LogP contribution in [0.5, 0.6) is 0 Å². The maximum atomic E-state index is 12.4. The van der Waals surface area contributed by atoms with Crippen molar-refractivity contribution in [3.63, 3.8) is 0 Å². The van der Waals surface area contributed by atoms with Gasteiger partial charge in [-0.3, -0.25) is 9.69 Å². The van der Waals surface area contributed by atoms with Gasteiger partial charge in [0.2, 0.25) is 5.91 Å². The average Bonchev–Trinajstić information content (AvgIpc) is 3.13. The van der Waals surface area contributed by atoms with Gasteiger partial charge in [0.1, 0.15) is 6.10 Å². The largest absolute Gasteiger partial charge is 0.459 e. The van der Waals surface area contributed by atoms with Crippen molar-refractivity contribution >= 4 is 23.5 Å². The molecule has 1 fully saturated rings. The molecule has 1 amide bonds. The summed E-state index contributed by atoms with van der Waals surface area (Å²) in [5.74, 6) is -0.312. The van der Waals surface area contributed by atoms with Gasteiger partial charge in [0.05, 0.1) is 29.0 Å². The number of hydrogen-bond acceptors (Lipinski definition) is 5. The molecule has 0 aliphatic carbocycles. The third kappa shape index (κ3) is 4.87. The van der Waals surface area contributed by atoms with Crippen molar-refractivity contribution in [3.05, 3.63) is 47.2 Å². The molecule has 27 heavy (non-hydrogen) atoms. The van der Waals surface area contributed by atoms with Crippen LogP contribution in [0.25, 0.3) is 5.69 Å². The molecule has 1 aliphatic rings. The first-order chi connectivity index (χ1) is 12.9. The number of rotatable bonds is 5. The maximum absolute atomic E-state index is 12.4. The van der Waals surface area contributed by atoms with Crippen LogP contribution in [0.15, 0.2) is 36.7 Å². The first kappa shape index (κ1) is 19.4. The van der Waals surface area contributed by atoms with Gasteiger partial charge < -0.3 is 9.64 Å². The normalized spacial score (nSPS) is 15.5. The average molecular weight is 391 g/mol. The molecule has 0 N–H and O–H groups in total. The molecule has 144 valence electrons. The number of halogens is 1. The van der Waals surface area contributed by atoms with E-state index in [2.05, 4.69) is 10.00 Å². The zero-order valence-corrected chi connectivity index (χ0v) is 16.2. The molecule has 8 heteroatoms. The predicted molar refractivity (Wildman–Crippen MR) is 102 cm³/mol. The molecule has 2 heterocycles. The van der Waals surface area contributed by atoms with Gasteiger partial charge in [-0.1, -0.05) is 23.7 Å². The Morgan fingerprint density at radius 2 is 1.96 bits per heavy atom. The van der Waals surface area contributed by atoms with Crippen LogP contribution in [-0.4, -0.2) is 71.3 Å². The highest BCUT2D eigenvalue weighted by atomic mass is 35.5. The molecule has 0 radical (unpaired) electrons. The topological polar surface area (TPSA) is 67.7 Å². The Labute approximate surface area is 163 Å². The number of para-hydroxylation sites is 1. The minimum absolute atomic E-state index is 0.0810. The molecule has 2 aromatic rings. The van der Waals surface area contributed by atoms with Crippen molar-refractivity contribution in [1.29, 1.82) is 0 Å². The minimum atomic E-state index is -0.392. The fourth-order valence-electron chi connectivity index (χ4n) is 2.93. The van der Waals surface area contributed by atoms with Crippen LogP contribution in [0.4, 0.5) is 0 Å². The molecular formula is C19H23ClN4O3. The Balaban J connectivity index is 1.53. The van der Waals surface area contributed by atoms with Gasteiger partial charge in [-0.25, -0.2) is 9.48 Å². The Hall–Kier alpha value is -2.38. The molecule has 1 saturated heterocycles. The minimum Gasteiger partial charge on any atom is -0.459 e. The van der Waals surface area contributed by atoms with E-state index in [0.29, 0.717) is 35.7 Å². The monoisotopic (exact) mass is 390 g/mol. The van der Waals surface area contributed by atoms with Crippen molar-refractivity contribution in [1.82, 2.24) is 19.6 Å². The summed E-state index contributed by atoms with van der Waals surface area (Å²) in [5.41, 5.74) is 1.09. The summed E-state index contributed by atoms with van der Waals surface area (Å²) < 4.78 is 7.17. The van der Waals surface area contributed by atoms with Gasteiger partial charge in [0.25, 0.3) is 0 Å². The number of ether oxygens (including phenoxy) is 1. The molecule has 0 saturated carbocycles. The number of esters is 1. The summed E-state index contributed by atoms with van der Waals surface area (Å²) in [5, 5.41) is 4.76. The second kappa shape index (κ2) is 8.54. The van der Waals surface area contributed by atoms with Gasteiger partial charge in [-0.05, 0) is 25.0 Å². The molecule has 0 bridgehead atoms. The number of hydrogen-bond donors (Lipinski definition) is 0. The van der Waals surface area contributed by atoms with Crippen LogP contribution < -0.4 is 0 Å². The van der Waals surface area contributed by atoms with E-state index in [9.17, 15) is 9.59 Å². The van der Waals surface area contributed by atoms with Gasteiger partial charge >= 0.3 is 5.97 Å². The lowest BCUT2D eigenvalue weighted by Crippen LogP contribution is -2.43. The van der Waals surface area contributed by atoms with E-state index in [0.717, 1.165) is 13.1 Å². The van der Waals surface area contributed by atoms with Crippen molar-refractivity contribution in [3.8, 4) is 5.69 Å². The van der Waals surface area contributed by atoms with Crippen LogP contribution in [0.2, 0.25) is 5.02 Å². The molecule has 1 aromatic heterocycles. The summed E-state index contributed by atoms with van der Waals surface area (Å²) in [4.78, 5) is 27.9. The lowest BCUT2D eigenvalue weighted by molar-refractivity contribution is -0.130. The van der Waals surface area contributed by atoms with Gasteiger partial charge in [-0.2, -0.15) is 5.10 Å².